The topological polar surface area (TPSA) is 18.5 Å². The molecule has 1 aromatic rings. The molecule has 0 unspecified atom stereocenters. The van der Waals surface area contributed by atoms with Gasteiger partial charge in [0.15, 0.2) is 5.11 Å². The Morgan fingerprint density at radius 1 is 1.20 bits per heavy atom. The van der Waals surface area contributed by atoms with Gasteiger partial charge in [-0.3, -0.25) is 4.90 Å². The summed E-state index contributed by atoms with van der Waals surface area (Å²) in [5.41, 5.74) is 1.01. The van der Waals surface area contributed by atoms with E-state index < -0.39 is 0 Å². The fraction of sp³-hybridized carbons (Fsp3) is 0.500. The number of halogens is 2. The second-order valence-electron chi connectivity index (χ2n) is 4.80. The van der Waals surface area contributed by atoms with Gasteiger partial charge in [0.2, 0.25) is 0 Å². The number of benzene rings is 1. The van der Waals surface area contributed by atoms with Crippen LogP contribution in [0.4, 0.5) is 0 Å². The summed E-state index contributed by atoms with van der Waals surface area (Å²) in [6.07, 6.45) is 0. The van der Waals surface area contributed by atoms with Gasteiger partial charge in [0, 0.05) is 54.9 Å². The highest BCUT2D eigenvalue weighted by Crippen LogP contribution is 2.26. The van der Waals surface area contributed by atoms with Crippen LogP contribution in [-0.4, -0.2) is 47.6 Å². The Balaban J connectivity index is 1.90. The molecule has 1 N–H and O–H groups in total. The molecule has 20 heavy (non-hydrogen) atoms. The summed E-state index contributed by atoms with van der Waals surface area (Å²) < 4.78 is 0. The molecule has 1 aliphatic heterocycles. The smallest absolute Gasteiger partial charge is 0.169 e. The number of hydrogen-bond donors (Lipinski definition) is 1. The average Bonchev–Trinajstić information content (AvgIpc) is 2.44. The van der Waals surface area contributed by atoms with Crippen molar-refractivity contribution in [3.8, 4) is 0 Å². The maximum absolute atomic E-state index is 6.22. The highest BCUT2D eigenvalue weighted by Gasteiger charge is 2.20. The van der Waals surface area contributed by atoms with E-state index in [-0.39, 0.29) is 0 Å². The minimum atomic E-state index is 0.739. The number of thiocarbonyl (C=S) groups is 1. The highest BCUT2D eigenvalue weighted by atomic mass is 35.5. The predicted molar refractivity (Wildman–Crippen MR) is 89.6 cm³/mol. The fourth-order valence-corrected chi connectivity index (χ4v) is 3.12. The Morgan fingerprint density at radius 3 is 2.35 bits per heavy atom. The molecule has 0 bridgehead atoms. The van der Waals surface area contributed by atoms with Gasteiger partial charge in [0.1, 0.15) is 0 Å². The van der Waals surface area contributed by atoms with Gasteiger partial charge in [-0.2, -0.15) is 0 Å². The quantitative estimate of drug-likeness (QED) is 0.858. The zero-order valence-corrected chi connectivity index (χ0v) is 13.9. The van der Waals surface area contributed by atoms with E-state index in [1.54, 1.807) is 0 Å². The molecule has 2 rings (SSSR count). The average molecular weight is 332 g/mol. The van der Waals surface area contributed by atoms with Gasteiger partial charge in [0.05, 0.1) is 0 Å². The molecule has 0 saturated carbocycles. The van der Waals surface area contributed by atoms with E-state index in [4.69, 9.17) is 35.4 Å². The first-order chi connectivity index (χ1) is 9.61. The van der Waals surface area contributed by atoms with Gasteiger partial charge in [0.25, 0.3) is 0 Å². The summed E-state index contributed by atoms with van der Waals surface area (Å²) in [5.74, 6) is 0. The van der Waals surface area contributed by atoms with Crippen LogP contribution in [0.3, 0.4) is 0 Å². The van der Waals surface area contributed by atoms with Crippen molar-refractivity contribution in [1.82, 2.24) is 15.1 Å². The van der Waals surface area contributed by atoms with Crippen LogP contribution in [0.5, 0.6) is 0 Å². The fourth-order valence-electron chi connectivity index (χ4n) is 2.28. The summed E-state index contributed by atoms with van der Waals surface area (Å²) in [6.45, 7) is 7.53. The maximum atomic E-state index is 6.22. The van der Waals surface area contributed by atoms with Gasteiger partial charge in [-0.05, 0) is 31.3 Å². The summed E-state index contributed by atoms with van der Waals surface area (Å²) >= 11 is 17.8. The van der Waals surface area contributed by atoms with Crippen molar-refractivity contribution in [2.24, 2.45) is 0 Å². The maximum Gasteiger partial charge on any atom is 0.169 e. The van der Waals surface area contributed by atoms with Gasteiger partial charge in [-0.15, -0.1) is 0 Å². The lowest BCUT2D eigenvalue weighted by Gasteiger charge is -2.36. The van der Waals surface area contributed by atoms with Gasteiger partial charge < -0.3 is 10.2 Å². The van der Waals surface area contributed by atoms with E-state index in [0.717, 1.165) is 60.0 Å². The molecule has 1 fully saturated rings. The van der Waals surface area contributed by atoms with Crippen molar-refractivity contribution >= 4 is 40.5 Å². The van der Waals surface area contributed by atoms with Crippen LogP contribution in [0, 0.1) is 0 Å². The molecule has 3 nitrogen and oxygen atoms in total. The molecular formula is C14H19Cl2N3S. The molecule has 1 heterocycles. The zero-order chi connectivity index (χ0) is 14.5. The number of rotatable bonds is 3. The Bertz CT molecular complexity index is 453. The summed E-state index contributed by atoms with van der Waals surface area (Å²) in [4.78, 5) is 4.57. The predicted octanol–water partition coefficient (Wildman–Crippen LogP) is 3.01. The second kappa shape index (κ2) is 7.46. The number of hydrogen-bond acceptors (Lipinski definition) is 2. The molecule has 1 aromatic carbocycles. The Hall–Kier alpha value is -0.550. The van der Waals surface area contributed by atoms with Crippen LogP contribution in [0.15, 0.2) is 18.2 Å². The lowest BCUT2D eigenvalue weighted by Crippen LogP contribution is -2.51. The largest absolute Gasteiger partial charge is 0.363 e. The van der Waals surface area contributed by atoms with Crippen LogP contribution in [0.1, 0.15) is 12.5 Å². The zero-order valence-electron chi connectivity index (χ0n) is 11.5. The van der Waals surface area contributed by atoms with Crippen LogP contribution in [-0.2, 0) is 6.54 Å². The van der Waals surface area contributed by atoms with Crippen molar-refractivity contribution in [1.29, 1.82) is 0 Å². The number of nitrogens with zero attached hydrogens (tertiary/aromatic N) is 2. The first-order valence-electron chi connectivity index (χ1n) is 6.80. The molecule has 0 amide bonds. The third-order valence-electron chi connectivity index (χ3n) is 3.43. The van der Waals surface area contributed by atoms with Crippen molar-refractivity contribution in [2.45, 2.75) is 13.5 Å². The molecule has 1 saturated heterocycles. The van der Waals surface area contributed by atoms with E-state index in [9.17, 15) is 0 Å². The summed E-state index contributed by atoms with van der Waals surface area (Å²) in [6, 6.07) is 5.65. The van der Waals surface area contributed by atoms with Gasteiger partial charge in [-0.1, -0.05) is 29.3 Å². The first kappa shape index (κ1) is 15.8. The number of nitrogens with one attached hydrogen (secondary N) is 1. The van der Waals surface area contributed by atoms with E-state index in [1.165, 1.54) is 0 Å². The molecule has 6 heteroatoms. The van der Waals surface area contributed by atoms with E-state index in [2.05, 4.69) is 22.0 Å². The van der Waals surface area contributed by atoms with Crippen molar-refractivity contribution in [3.63, 3.8) is 0 Å². The molecular weight excluding hydrogens is 313 g/mol. The monoisotopic (exact) mass is 331 g/mol. The molecule has 0 spiro atoms. The third-order valence-corrected chi connectivity index (χ3v) is 4.54. The van der Waals surface area contributed by atoms with Crippen molar-refractivity contribution in [3.05, 3.63) is 33.8 Å². The lowest BCUT2D eigenvalue weighted by molar-refractivity contribution is 0.174. The SMILES string of the molecule is CCNC(=S)N1CCN(Cc2c(Cl)cccc2Cl)CC1. The van der Waals surface area contributed by atoms with E-state index >= 15 is 0 Å². The standard InChI is InChI=1S/C14H19Cl2N3S/c1-2-17-14(20)19-8-6-18(7-9-19)10-11-12(15)4-3-5-13(11)16/h3-5H,2,6-10H2,1H3,(H,17,20). The molecule has 0 aromatic heterocycles. The molecule has 0 atom stereocenters. The van der Waals surface area contributed by atoms with Gasteiger partial charge >= 0.3 is 0 Å². The normalized spacial score (nSPS) is 16.2. The van der Waals surface area contributed by atoms with Gasteiger partial charge in [-0.25, -0.2) is 0 Å². The second-order valence-corrected chi connectivity index (χ2v) is 6.00. The molecule has 110 valence electrons. The Morgan fingerprint density at radius 2 is 1.80 bits per heavy atom. The Kier molecular flexibility index (Phi) is 5.90. The highest BCUT2D eigenvalue weighted by molar-refractivity contribution is 7.80. The summed E-state index contributed by atoms with van der Waals surface area (Å²) in [5, 5.41) is 5.52. The lowest BCUT2D eigenvalue weighted by atomic mass is 10.2. The van der Waals surface area contributed by atoms with Crippen molar-refractivity contribution < 1.29 is 0 Å². The molecule has 0 radical (unpaired) electrons. The Labute approximate surface area is 135 Å². The first-order valence-corrected chi connectivity index (χ1v) is 7.96. The minimum absolute atomic E-state index is 0.739. The van der Waals surface area contributed by atoms with Crippen molar-refractivity contribution in [2.75, 3.05) is 32.7 Å². The minimum Gasteiger partial charge on any atom is -0.363 e. The summed E-state index contributed by atoms with van der Waals surface area (Å²) in [7, 11) is 0. The van der Waals surface area contributed by atoms with Crippen LogP contribution < -0.4 is 5.32 Å². The van der Waals surface area contributed by atoms with Crippen LogP contribution in [0.2, 0.25) is 10.0 Å². The molecule has 1 aliphatic rings. The third kappa shape index (κ3) is 3.98. The van der Waals surface area contributed by atoms with E-state index in [0.29, 0.717) is 0 Å². The van der Waals surface area contributed by atoms with E-state index in [1.807, 2.05) is 18.2 Å². The molecule has 0 aliphatic carbocycles. The van der Waals surface area contributed by atoms with Crippen LogP contribution >= 0.6 is 35.4 Å². The number of piperazine rings is 1. The van der Waals surface area contributed by atoms with Crippen LogP contribution in [0.25, 0.3) is 0 Å².